The third kappa shape index (κ3) is 3.17. The summed E-state index contributed by atoms with van der Waals surface area (Å²) in [6, 6.07) is 4.28. The predicted octanol–water partition coefficient (Wildman–Crippen LogP) is 3.30. The Balaban J connectivity index is 2.33. The summed E-state index contributed by atoms with van der Waals surface area (Å²) in [6.07, 6.45) is 0. The second kappa shape index (κ2) is 5.90. The molecule has 0 bridgehead atoms. The smallest absolute Gasteiger partial charge is 0.256 e. The molecule has 0 aliphatic heterocycles. The van der Waals surface area contributed by atoms with Gasteiger partial charge in [0.25, 0.3) is 5.56 Å². The van der Waals surface area contributed by atoms with Crippen LogP contribution in [0, 0.1) is 23.2 Å². The van der Waals surface area contributed by atoms with Gasteiger partial charge in [0.1, 0.15) is 11.6 Å². The Bertz CT molecular complexity index is 699. The van der Waals surface area contributed by atoms with Gasteiger partial charge in [-0.25, -0.2) is 9.37 Å². The number of hydrogen-bond donors (Lipinski definition) is 2. The van der Waals surface area contributed by atoms with Crippen LogP contribution >= 0.6 is 22.6 Å². The van der Waals surface area contributed by atoms with Gasteiger partial charge in [-0.15, -0.1) is 0 Å². The quantitative estimate of drug-likeness (QED) is 0.795. The summed E-state index contributed by atoms with van der Waals surface area (Å²) < 4.78 is 13.9. The van der Waals surface area contributed by atoms with Crippen molar-refractivity contribution >= 4 is 28.3 Å². The lowest BCUT2D eigenvalue weighted by atomic mass is 10.1. The second-order valence-corrected chi connectivity index (χ2v) is 5.80. The number of anilines is 1. The van der Waals surface area contributed by atoms with Crippen LogP contribution in [0.25, 0.3) is 0 Å². The lowest BCUT2D eigenvalue weighted by molar-refractivity contribution is 0.627. The first-order chi connectivity index (χ1) is 9.38. The van der Waals surface area contributed by atoms with Crippen LogP contribution in [0.3, 0.4) is 0 Å². The largest absolute Gasteiger partial charge is 0.377 e. The molecule has 0 fully saturated rings. The fraction of sp³-hybridized carbons (Fsp3) is 0.286. The molecule has 0 amide bonds. The first-order valence-corrected chi connectivity index (χ1v) is 7.25. The predicted molar refractivity (Wildman–Crippen MR) is 85.5 cm³/mol. The zero-order chi connectivity index (χ0) is 14.9. The minimum absolute atomic E-state index is 0.146. The van der Waals surface area contributed by atoms with Crippen LogP contribution in [0.15, 0.2) is 23.0 Å². The summed E-state index contributed by atoms with van der Waals surface area (Å²) in [5.74, 6) is 0.318. The molecule has 1 aromatic heterocycles. The van der Waals surface area contributed by atoms with Crippen molar-refractivity contribution in [3.8, 4) is 0 Å². The summed E-state index contributed by atoms with van der Waals surface area (Å²) in [6.45, 7) is 5.44. The number of halogens is 2. The molecular weight excluding hydrogens is 372 g/mol. The van der Waals surface area contributed by atoms with Crippen molar-refractivity contribution in [2.75, 3.05) is 5.32 Å². The van der Waals surface area contributed by atoms with E-state index in [1.165, 1.54) is 12.1 Å². The molecule has 0 saturated carbocycles. The summed E-state index contributed by atoms with van der Waals surface area (Å²) in [5.41, 5.74) is 1.94. The van der Waals surface area contributed by atoms with Crippen molar-refractivity contribution < 1.29 is 4.39 Å². The molecule has 0 saturated heterocycles. The molecule has 1 aromatic carbocycles. The third-order valence-corrected chi connectivity index (χ3v) is 3.89. The summed E-state index contributed by atoms with van der Waals surface area (Å²) in [7, 11) is 0. The maximum Gasteiger partial charge on any atom is 0.256 e. The van der Waals surface area contributed by atoms with E-state index in [9.17, 15) is 9.18 Å². The Morgan fingerprint density at radius 1 is 1.40 bits per heavy atom. The highest BCUT2D eigenvalue weighted by atomic mass is 127. The van der Waals surface area contributed by atoms with Crippen molar-refractivity contribution in [2.45, 2.75) is 26.8 Å². The minimum atomic E-state index is -0.279. The number of aromatic nitrogens is 2. The van der Waals surface area contributed by atoms with E-state index in [0.29, 0.717) is 17.1 Å². The van der Waals surface area contributed by atoms with E-state index >= 15 is 0 Å². The molecule has 1 unspecified atom stereocenters. The van der Waals surface area contributed by atoms with Crippen molar-refractivity contribution in [1.29, 1.82) is 0 Å². The zero-order valence-corrected chi connectivity index (χ0v) is 13.6. The van der Waals surface area contributed by atoms with Crippen molar-refractivity contribution in [3.05, 3.63) is 55.0 Å². The molecule has 0 radical (unpaired) electrons. The Morgan fingerprint density at radius 3 is 2.70 bits per heavy atom. The normalized spacial score (nSPS) is 12.2. The minimum Gasteiger partial charge on any atom is -0.377 e. The van der Waals surface area contributed by atoms with Gasteiger partial charge in [0.05, 0.1) is 17.3 Å². The van der Waals surface area contributed by atoms with E-state index in [2.05, 4.69) is 37.9 Å². The van der Waals surface area contributed by atoms with Gasteiger partial charge in [0.15, 0.2) is 0 Å². The number of nitrogens with zero attached hydrogens (tertiary/aromatic N) is 1. The topological polar surface area (TPSA) is 57.8 Å². The summed E-state index contributed by atoms with van der Waals surface area (Å²) in [5, 5.41) is 3.22. The molecule has 6 heteroatoms. The Labute approximate surface area is 130 Å². The van der Waals surface area contributed by atoms with Crippen molar-refractivity contribution in [2.24, 2.45) is 0 Å². The van der Waals surface area contributed by atoms with E-state index in [1.807, 2.05) is 13.8 Å². The number of nitrogens with one attached hydrogen (secondary N) is 2. The summed E-state index contributed by atoms with van der Waals surface area (Å²) in [4.78, 5) is 19.0. The molecule has 106 valence electrons. The van der Waals surface area contributed by atoms with Gasteiger partial charge in [0, 0.05) is 9.26 Å². The van der Waals surface area contributed by atoms with Crippen LogP contribution < -0.4 is 10.9 Å². The zero-order valence-electron chi connectivity index (χ0n) is 11.4. The van der Waals surface area contributed by atoms with Crippen LogP contribution in [-0.2, 0) is 0 Å². The summed E-state index contributed by atoms with van der Waals surface area (Å²) >= 11 is 2.06. The van der Waals surface area contributed by atoms with Gasteiger partial charge in [0.2, 0.25) is 0 Å². The molecule has 0 aliphatic carbocycles. The highest BCUT2D eigenvalue weighted by Crippen LogP contribution is 2.24. The number of aromatic amines is 1. The average Bonchev–Trinajstić information content (AvgIpc) is 2.31. The third-order valence-electron chi connectivity index (χ3n) is 3.00. The van der Waals surface area contributed by atoms with Crippen LogP contribution in [0.1, 0.15) is 30.0 Å². The molecule has 4 nitrogen and oxygen atoms in total. The van der Waals surface area contributed by atoms with Crippen LogP contribution in [0.4, 0.5) is 10.1 Å². The highest BCUT2D eigenvalue weighted by Gasteiger charge is 2.15. The molecule has 2 aromatic rings. The van der Waals surface area contributed by atoms with Crippen LogP contribution in [-0.4, -0.2) is 9.97 Å². The van der Waals surface area contributed by atoms with Gasteiger partial charge in [-0.3, -0.25) is 4.79 Å². The molecule has 20 heavy (non-hydrogen) atoms. The average molecular weight is 387 g/mol. The molecule has 2 rings (SSSR count). The Kier molecular flexibility index (Phi) is 4.42. The first kappa shape index (κ1) is 15.0. The standard InChI is InChI=1S/C14H15FIN3O/c1-7-13(14(20)19-9(3)17-7)8(2)18-12-5-4-10(15)6-11(12)16/h4-6,8,18H,1-3H3,(H,17,19,20). The van der Waals surface area contributed by atoms with Crippen molar-refractivity contribution in [1.82, 2.24) is 9.97 Å². The molecular formula is C14H15FIN3O. The van der Waals surface area contributed by atoms with Gasteiger partial charge < -0.3 is 10.3 Å². The van der Waals surface area contributed by atoms with Gasteiger partial charge >= 0.3 is 0 Å². The molecule has 1 heterocycles. The van der Waals surface area contributed by atoms with E-state index in [1.54, 1.807) is 13.0 Å². The lowest BCUT2D eigenvalue weighted by Crippen LogP contribution is -2.23. The highest BCUT2D eigenvalue weighted by molar-refractivity contribution is 14.1. The Morgan fingerprint density at radius 2 is 2.10 bits per heavy atom. The molecule has 0 spiro atoms. The molecule has 1 atom stereocenters. The first-order valence-electron chi connectivity index (χ1n) is 6.17. The molecule has 2 N–H and O–H groups in total. The van der Waals surface area contributed by atoms with E-state index in [-0.39, 0.29) is 17.4 Å². The maximum absolute atomic E-state index is 13.1. The Hall–Kier alpha value is -1.44. The van der Waals surface area contributed by atoms with Gasteiger partial charge in [-0.1, -0.05) is 0 Å². The van der Waals surface area contributed by atoms with Gasteiger partial charge in [-0.2, -0.15) is 0 Å². The number of H-pyrrole nitrogens is 1. The maximum atomic E-state index is 13.1. The lowest BCUT2D eigenvalue weighted by Gasteiger charge is -2.17. The number of benzene rings is 1. The van der Waals surface area contributed by atoms with Crippen molar-refractivity contribution in [3.63, 3.8) is 0 Å². The van der Waals surface area contributed by atoms with Gasteiger partial charge in [-0.05, 0) is 61.6 Å². The number of aryl methyl sites for hydroxylation is 2. The van der Waals surface area contributed by atoms with Crippen LogP contribution in [0.2, 0.25) is 0 Å². The number of rotatable bonds is 3. The molecule has 0 aliphatic rings. The van der Waals surface area contributed by atoms with E-state index in [0.717, 1.165) is 9.26 Å². The van der Waals surface area contributed by atoms with E-state index in [4.69, 9.17) is 0 Å². The van der Waals surface area contributed by atoms with Crippen LogP contribution in [0.5, 0.6) is 0 Å². The SMILES string of the molecule is Cc1nc(C)c(C(C)Nc2ccc(F)cc2I)c(=O)[nH]1. The van der Waals surface area contributed by atoms with E-state index < -0.39 is 0 Å². The number of hydrogen-bond acceptors (Lipinski definition) is 3. The monoisotopic (exact) mass is 387 g/mol. The second-order valence-electron chi connectivity index (χ2n) is 4.64. The fourth-order valence-corrected chi connectivity index (χ4v) is 2.79. The fourth-order valence-electron chi connectivity index (χ4n) is 2.16.